The van der Waals surface area contributed by atoms with E-state index in [-0.39, 0.29) is 5.75 Å². The molecule has 3 N–H and O–H groups in total. The summed E-state index contributed by atoms with van der Waals surface area (Å²) in [6.07, 6.45) is 2.03. The van der Waals surface area contributed by atoms with Gasteiger partial charge in [-0.15, -0.1) is 0 Å². The Kier molecular flexibility index (Phi) is 9.41. The quantitative estimate of drug-likeness (QED) is 0.361. The Morgan fingerprint density at radius 2 is 1.83 bits per heavy atom. The van der Waals surface area contributed by atoms with Gasteiger partial charge >= 0.3 is 6.03 Å². The molecular weight excluding hydrogens is 418 g/mol. The molecule has 0 bridgehead atoms. The second-order valence-corrected chi connectivity index (χ2v) is 7.70. The van der Waals surface area contributed by atoms with Crippen LogP contribution in [0.3, 0.4) is 0 Å². The number of anilines is 1. The van der Waals surface area contributed by atoms with E-state index in [2.05, 4.69) is 16.2 Å². The van der Waals surface area contributed by atoms with Crippen LogP contribution < -0.4 is 24.5 Å². The number of carbonyl (C=O) groups is 1. The first kappa shape index (κ1) is 22.7. The lowest BCUT2D eigenvalue weighted by molar-refractivity contribution is 0.193. The van der Waals surface area contributed by atoms with Gasteiger partial charge in [-0.1, -0.05) is 18.2 Å². The third kappa shape index (κ3) is 8.10. The molecule has 0 aliphatic heterocycles. The number of amides is 2. The van der Waals surface area contributed by atoms with Crippen molar-refractivity contribution in [2.24, 2.45) is 0 Å². The Balaban J connectivity index is 2.03. The van der Waals surface area contributed by atoms with Crippen molar-refractivity contribution < 1.29 is 26.3 Å². The Bertz CT molecular complexity index is 851. The molecule has 0 spiro atoms. The maximum absolute atomic E-state index is 12.4. The van der Waals surface area contributed by atoms with Crippen LogP contribution in [0.25, 0.3) is 0 Å². The minimum absolute atomic E-state index is 0.146. The van der Waals surface area contributed by atoms with Crippen molar-refractivity contribution in [3.8, 4) is 11.5 Å². The Morgan fingerprint density at radius 1 is 1.07 bits per heavy atom. The summed E-state index contributed by atoms with van der Waals surface area (Å²) in [5.41, 5.74) is 5.47. The predicted octanol–water partition coefficient (Wildman–Crippen LogP) is 2.12. The highest BCUT2D eigenvalue weighted by atomic mass is 32.2. The van der Waals surface area contributed by atoms with E-state index in [1.165, 1.54) is 18.4 Å². The van der Waals surface area contributed by atoms with E-state index in [1.54, 1.807) is 37.4 Å². The first-order valence-corrected chi connectivity index (χ1v) is 11.1. The van der Waals surface area contributed by atoms with Crippen LogP contribution in [0.2, 0.25) is 0 Å². The fraction of sp³-hybridized carbons (Fsp3) is 0.278. The van der Waals surface area contributed by atoms with Gasteiger partial charge in [0, 0.05) is 32.6 Å². The van der Waals surface area contributed by atoms with E-state index in [0.717, 1.165) is 0 Å². The molecule has 2 aromatic rings. The number of para-hydroxylation sites is 1. The second-order valence-electron chi connectivity index (χ2n) is 5.63. The monoisotopic (exact) mass is 441 g/mol. The van der Waals surface area contributed by atoms with Gasteiger partial charge < -0.3 is 18.4 Å². The molecular formula is C18H23N3O6S2. The van der Waals surface area contributed by atoms with Crippen LogP contribution in [0.4, 0.5) is 10.5 Å². The number of hydrazine groups is 1. The maximum Gasteiger partial charge on any atom is 0.333 e. The van der Waals surface area contributed by atoms with Gasteiger partial charge in [-0.2, -0.15) is 0 Å². The SMILES string of the molecule is COCCCNC(=O)NNc1ccc(S(=O)Oc2ccccc2)cc1OS(C)=O. The largest absolute Gasteiger partial charge is 0.398 e. The van der Waals surface area contributed by atoms with Crippen LogP contribution in [-0.2, 0) is 26.9 Å². The van der Waals surface area contributed by atoms with Gasteiger partial charge in [0.15, 0.2) is 5.75 Å². The highest BCUT2D eigenvalue weighted by Crippen LogP contribution is 2.28. The fourth-order valence-electron chi connectivity index (χ4n) is 2.10. The third-order valence-electron chi connectivity index (χ3n) is 3.39. The summed E-state index contributed by atoms with van der Waals surface area (Å²) in [4.78, 5) is 12.1. The lowest BCUT2D eigenvalue weighted by Gasteiger charge is -2.14. The molecule has 0 fully saturated rings. The number of hydrogen-bond donors (Lipinski definition) is 3. The average molecular weight is 442 g/mol. The van der Waals surface area contributed by atoms with Gasteiger partial charge in [0.05, 0.1) is 10.6 Å². The third-order valence-corrected chi connectivity index (χ3v) is 4.79. The molecule has 0 radical (unpaired) electrons. The average Bonchev–Trinajstić information content (AvgIpc) is 2.70. The first-order valence-electron chi connectivity index (χ1n) is 8.59. The van der Waals surface area contributed by atoms with E-state index in [9.17, 15) is 13.2 Å². The van der Waals surface area contributed by atoms with Gasteiger partial charge in [-0.05, 0) is 30.7 Å². The molecule has 2 atom stereocenters. The first-order chi connectivity index (χ1) is 14.0. The van der Waals surface area contributed by atoms with Gasteiger partial charge in [0.25, 0.3) is 0 Å². The number of nitrogens with one attached hydrogen (secondary N) is 3. The number of benzene rings is 2. The van der Waals surface area contributed by atoms with Crippen LogP contribution >= 0.6 is 0 Å². The van der Waals surface area contributed by atoms with Gasteiger partial charge in [0.1, 0.15) is 5.75 Å². The van der Waals surface area contributed by atoms with E-state index < -0.39 is 28.2 Å². The molecule has 0 aromatic heterocycles. The lowest BCUT2D eigenvalue weighted by Crippen LogP contribution is -2.39. The van der Waals surface area contributed by atoms with Gasteiger partial charge in [-0.25, -0.2) is 13.2 Å². The summed E-state index contributed by atoms with van der Waals surface area (Å²) in [7, 11) is 1.59. The molecule has 0 aliphatic carbocycles. The molecule has 158 valence electrons. The molecule has 2 amide bonds. The number of ether oxygens (including phenoxy) is 1. The van der Waals surface area contributed by atoms with Crippen LogP contribution in [0.1, 0.15) is 6.42 Å². The van der Waals surface area contributed by atoms with Crippen LogP contribution in [-0.4, -0.2) is 41.0 Å². The molecule has 11 heteroatoms. The molecule has 0 saturated heterocycles. The number of hydrogen-bond acceptors (Lipinski definition) is 7. The van der Waals surface area contributed by atoms with Crippen molar-refractivity contribution in [1.82, 2.24) is 10.7 Å². The summed E-state index contributed by atoms with van der Waals surface area (Å²) in [5, 5.41) is 2.64. The fourth-order valence-corrected chi connectivity index (χ4v) is 3.26. The van der Waals surface area contributed by atoms with Crippen LogP contribution in [0.5, 0.6) is 11.5 Å². The summed E-state index contributed by atoms with van der Waals surface area (Å²) < 4.78 is 39.5. The molecule has 0 saturated carbocycles. The molecule has 0 aliphatic rings. The Labute approximate surface area is 174 Å². The Morgan fingerprint density at radius 3 is 2.52 bits per heavy atom. The van der Waals surface area contributed by atoms with E-state index in [4.69, 9.17) is 13.1 Å². The van der Waals surface area contributed by atoms with Crippen LogP contribution in [0, 0.1) is 0 Å². The Hall–Kier alpha value is -2.63. The molecule has 9 nitrogen and oxygen atoms in total. The highest BCUT2D eigenvalue weighted by molar-refractivity contribution is 7.80. The second kappa shape index (κ2) is 12.0. The topological polar surface area (TPSA) is 115 Å². The lowest BCUT2D eigenvalue weighted by atomic mass is 10.3. The molecule has 0 heterocycles. The smallest absolute Gasteiger partial charge is 0.333 e. The standard InChI is InChI=1S/C18H23N3O6S2/c1-25-12-6-11-19-18(22)21-20-16-10-9-15(13-17(16)27-28(2)23)29(24)26-14-7-4-3-5-8-14/h3-5,7-10,13,20H,6,11-12H2,1-2H3,(H2,19,21,22). The molecule has 2 aromatic carbocycles. The number of urea groups is 1. The predicted molar refractivity (Wildman–Crippen MR) is 111 cm³/mol. The maximum atomic E-state index is 12.4. The summed E-state index contributed by atoms with van der Waals surface area (Å²) >= 11 is -3.43. The van der Waals surface area contributed by atoms with Gasteiger partial charge in [0.2, 0.25) is 22.2 Å². The minimum atomic E-state index is -1.81. The number of carbonyl (C=O) groups excluding carboxylic acids is 1. The highest BCUT2D eigenvalue weighted by Gasteiger charge is 2.14. The van der Waals surface area contributed by atoms with E-state index in [0.29, 0.717) is 35.9 Å². The van der Waals surface area contributed by atoms with E-state index >= 15 is 0 Å². The van der Waals surface area contributed by atoms with Crippen molar-refractivity contribution in [3.05, 3.63) is 48.5 Å². The zero-order valence-electron chi connectivity index (χ0n) is 16.0. The number of methoxy groups -OCH3 is 1. The van der Waals surface area contributed by atoms with Gasteiger partial charge in [-0.3, -0.25) is 10.9 Å². The normalized spacial score (nSPS) is 12.5. The van der Waals surface area contributed by atoms with Crippen LogP contribution in [0.15, 0.2) is 53.4 Å². The van der Waals surface area contributed by atoms with Crippen molar-refractivity contribution >= 4 is 33.9 Å². The molecule has 29 heavy (non-hydrogen) atoms. The van der Waals surface area contributed by atoms with Crippen molar-refractivity contribution in [2.45, 2.75) is 11.3 Å². The minimum Gasteiger partial charge on any atom is -0.398 e. The summed E-state index contributed by atoms with van der Waals surface area (Å²) in [6, 6.07) is 12.8. The van der Waals surface area contributed by atoms with Crippen molar-refractivity contribution in [3.63, 3.8) is 0 Å². The van der Waals surface area contributed by atoms with E-state index in [1.807, 2.05) is 6.07 Å². The molecule has 2 unspecified atom stereocenters. The zero-order chi connectivity index (χ0) is 21.1. The molecule has 2 rings (SSSR count). The summed E-state index contributed by atoms with van der Waals surface area (Å²) in [6.45, 7) is 0.982. The van der Waals surface area contributed by atoms with Crippen molar-refractivity contribution in [2.75, 3.05) is 31.9 Å². The summed E-state index contributed by atoms with van der Waals surface area (Å²) in [5.74, 6) is 0.592. The van der Waals surface area contributed by atoms with Crippen molar-refractivity contribution in [1.29, 1.82) is 0 Å². The number of rotatable bonds is 11. The zero-order valence-corrected chi connectivity index (χ0v) is 17.6.